The van der Waals surface area contributed by atoms with E-state index in [2.05, 4.69) is 20.6 Å². The van der Waals surface area contributed by atoms with Crippen LogP contribution in [0.4, 0.5) is 30.5 Å². The highest BCUT2D eigenvalue weighted by atomic mass is 19.4. The number of ether oxygens (including phenoxy) is 2. The fourth-order valence-corrected chi connectivity index (χ4v) is 3.33. The average molecular weight is 430 g/mol. The first-order chi connectivity index (χ1) is 14.8. The van der Waals surface area contributed by atoms with E-state index in [0.717, 1.165) is 19.2 Å². The van der Waals surface area contributed by atoms with Gasteiger partial charge in [-0.3, -0.25) is 4.79 Å². The van der Waals surface area contributed by atoms with Gasteiger partial charge in [-0.1, -0.05) is 18.2 Å². The summed E-state index contributed by atoms with van der Waals surface area (Å²) in [5.74, 6) is -0.390. The number of nitrogens with one attached hydrogen (secondary N) is 2. The minimum absolute atomic E-state index is 0.0201. The predicted octanol–water partition coefficient (Wildman–Crippen LogP) is 4.42. The van der Waals surface area contributed by atoms with Crippen molar-refractivity contribution >= 4 is 23.2 Å². The first-order valence-electron chi connectivity index (χ1n) is 9.15. The molecular weight excluding hydrogens is 413 g/mol. The van der Waals surface area contributed by atoms with E-state index in [-0.39, 0.29) is 35.5 Å². The second kappa shape index (κ2) is 7.78. The molecule has 160 valence electrons. The number of amides is 1. The summed E-state index contributed by atoms with van der Waals surface area (Å²) in [6.07, 6.45) is -3.07. The van der Waals surface area contributed by atoms with Gasteiger partial charge in [0.05, 0.1) is 43.3 Å². The summed E-state index contributed by atoms with van der Waals surface area (Å²) in [5.41, 5.74) is 1.45. The van der Waals surface area contributed by atoms with E-state index < -0.39 is 11.7 Å². The van der Waals surface area contributed by atoms with Crippen LogP contribution >= 0.6 is 0 Å². The zero-order valence-corrected chi connectivity index (χ0v) is 16.5. The van der Waals surface area contributed by atoms with Crippen molar-refractivity contribution in [3.8, 4) is 22.8 Å². The molecule has 2 aromatic carbocycles. The number of nitrogens with zero attached hydrogens (tertiary/aromatic N) is 2. The van der Waals surface area contributed by atoms with Crippen molar-refractivity contribution in [3.05, 3.63) is 53.7 Å². The van der Waals surface area contributed by atoms with Gasteiger partial charge in [-0.15, -0.1) is 0 Å². The van der Waals surface area contributed by atoms with E-state index in [9.17, 15) is 18.0 Å². The minimum Gasteiger partial charge on any atom is -0.496 e. The Morgan fingerprint density at radius 1 is 1.10 bits per heavy atom. The van der Waals surface area contributed by atoms with Crippen molar-refractivity contribution in [3.63, 3.8) is 0 Å². The maximum atomic E-state index is 13.4. The lowest BCUT2D eigenvalue weighted by Crippen LogP contribution is -2.12. The van der Waals surface area contributed by atoms with Crippen LogP contribution in [0.5, 0.6) is 11.5 Å². The van der Waals surface area contributed by atoms with E-state index in [1.807, 2.05) is 0 Å². The van der Waals surface area contributed by atoms with Gasteiger partial charge in [-0.25, -0.2) is 9.97 Å². The summed E-state index contributed by atoms with van der Waals surface area (Å²) < 4.78 is 50.4. The number of carbonyl (C=O) groups excluding carboxylic acids is 1. The molecule has 0 spiro atoms. The first kappa shape index (κ1) is 20.5. The number of hydrogen-bond donors (Lipinski definition) is 2. The van der Waals surface area contributed by atoms with Crippen LogP contribution < -0.4 is 20.1 Å². The van der Waals surface area contributed by atoms with E-state index in [0.29, 0.717) is 22.5 Å². The molecule has 0 aliphatic carbocycles. The molecule has 0 saturated carbocycles. The molecule has 2 N–H and O–H groups in total. The highest BCUT2D eigenvalue weighted by Gasteiger charge is 2.35. The fraction of sp³-hybridized carbons (Fsp3) is 0.190. The molecule has 1 aliphatic rings. The van der Waals surface area contributed by atoms with E-state index in [1.165, 1.54) is 13.3 Å². The third kappa shape index (κ3) is 3.96. The zero-order valence-electron chi connectivity index (χ0n) is 16.5. The van der Waals surface area contributed by atoms with Gasteiger partial charge in [0.1, 0.15) is 11.5 Å². The van der Waals surface area contributed by atoms with Gasteiger partial charge >= 0.3 is 6.18 Å². The summed E-state index contributed by atoms with van der Waals surface area (Å²) in [4.78, 5) is 20.8. The Balaban J connectivity index is 1.79. The molecule has 1 amide bonds. The maximum Gasteiger partial charge on any atom is 0.420 e. The Kier molecular flexibility index (Phi) is 5.14. The number of aromatic nitrogens is 2. The lowest BCUT2D eigenvalue weighted by Gasteiger charge is -2.17. The number of methoxy groups -OCH3 is 2. The van der Waals surface area contributed by atoms with Crippen molar-refractivity contribution in [2.24, 2.45) is 0 Å². The molecule has 0 fully saturated rings. The minimum atomic E-state index is -4.63. The molecule has 1 aliphatic heterocycles. The molecule has 0 saturated heterocycles. The predicted molar refractivity (Wildman–Crippen MR) is 108 cm³/mol. The van der Waals surface area contributed by atoms with Crippen LogP contribution in [0.25, 0.3) is 11.3 Å². The lowest BCUT2D eigenvalue weighted by atomic mass is 10.1. The first-order valence-corrected chi connectivity index (χ1v) is 9.15. The second-order valence-electron chi connectivity index (χ2n) is 6.71. The van der Waals surface area contributed by atoms with Gasteiger partial charge in [0.25, 0.3) is 0 Å². The molecule has 0 bridgehead atoms. The Morgan fingerprint density at radius 3 is 2.55 bits per heavy atom. The summed E-state index contributed by atoms with van der Waals surface area (Å²) in [6, 6.07) is 9.16. The lowest BCUT2D eigenvalue weighted by molar-refractivity contribution is -0.138. The van der Waals surface area contributed by atoms with Crippen molar-refractivity contribution in [1.29, 1.82) is 0 Å². The van der Waals surface area contributed by atoms with E-state index in [1.54, 1.807) is 24.3 Å². The van der Waals surface area contributed by atoms with Crippen molar-refractivity contribution < 1.29 is 27.4 Å². The largest absolute Gasteiger partial charge is 0.496 e. The number of halogens is 3. The Labute approximate surface area is 175 Å². The SMILES string of the molecule is COc1cc(OC)c(C(F)(F)F)cc1Nc1ncc2c(n1)-c1ccccc1NC(=O)C2. The number of para-hydroxylation sites is 1. The molecule has 2 heterocycles. The fourth-order valence-electron chi connectivity index (χ4n) is 3.33. The Bertz CT molecular complexity index is 1170. The average Bonchev–Trinajstić information content (AvgIpc) is 2.88. The molecule has 10 heteroatoms. The zero-order chi connectivity index (χ0) is 22.2. The van der Waals surface area contributed by atoms with Crippen molar-refractivity contribution in [2.45, 2.75) is 12.6 Å². The molecule has 0 atom stereocenters. The van der Waals surface area contributed by atoms with Crippen LogP contribution in [-0.4, -0.2) is 30.1 Å². The number of alkyl halides is 3. The molecule has 31 heavy (non-hydrogen) atoms. The molecule has 0 radical (unpaired) electrons. The van der Waals surface area contributed by atoms with Gasteiger partial charge in [0.15, 0.2) is 0 Å². The Morgan fingerprint density at radius 2 is 1.84 bits per heavy atom. The number of carbonyl (C=O) groups is 1. The number of fused-ring (bicyclic) bond motifs is 3. The maximum absolute atomic E-state index is 13.4. The number of rotatable bonds is 4. The molecule has 1 aromatic heterocycles. The molecule has 7 nitrogen and oxygen atoms in total. The van der Waals surface area contributed by atoms with Crippen molar-refractivity contribution in [1.82, 2.24) is 9.97 Å². The number of anilines is 3. The molecule has 0 unspecified atom stereocenters. The van der Waals surface area contributed by atoms with Gasteiger partial charge in [-0.2, -0.15) is 13.2 Å². The Hall–Kier alpha value is -3.82. The molecule has 4 rings (SSSR count). The van der Waals surface area contributed by atoms with Crippen LogP contribution in [0.1, 0.15) is 11.1 Å². The van der Waals surface area contributed by atoms with E-state index in [4.69, 9.17) is 9.47 Å². The molecule has 3 aromatic rings. The standard InChI is InChI=1S/C21H17F3N4O3/c1-30-16-9-17(31-2)15(8-13(16)21(22,23)24)27-20-25-10-11-7-18(29)26-14-6-4-3-5-12(14)19(11)28-20/h3-6,8-10H,7H2,1-2H3,(H,26,29)(H,25,27,28). The third-order valence-electron chi connectivity index (χ3n) is 4.75. The van der Waals surface area contributed by atoms with E-state index >= 15 is 0 Å². The summed E-state index contributed by atoms with van der Waals surface area (Å²) in [5, 5.41) is 5.60. The van der Waals surface area contributed by atoms with Crippen LogP contribution in [-0.2, 0) is 17.4 Å². The van der Waals surface area contributed by atoms with Crippen LogP contribution in [0.2, 0.25) is 0 Å². The monoisotopic (exact) mass is 430 g/mol. The topological polar surface area (TPSA) is 85.4 Å². The number of benzene rings is 2. The van der Waals surface area contributed by atoms with Gasteiger partial charge in [-0.05, 0) is 12.1 Å². The highest BCUT2D eigenvalue weighted by molar-refractivity contribution is 5.99. The summed E-state index contributed by atoms with van der Waals surface area (Å²) in [6.45, 7) is 0. The quantitative estimate of drug-likeness (QED) is 0.638. The summed E-state index contributed by atoms with van der Waals surface area (Å²) in [7, 11) is 2.48. The molecular formula is C21H17F3N4O3. The van der Waals surface area contributed by atoms with Gasteiger partial charge in [0.2, 0.25) is 11.9 Å². The normalized spacial score (nSPS) is 12.9. The second-order valence-corrected chi connectivity index (χ2v) is 6.71. The highest BCUT2D eigenvalue weighted by Crippen LogP contribution is 2.42. The van der Waals surface area contributed by atoms with Crippen LogP contribution in [0.15, 0.2) is 42.6 Å². The number of hydrogen-bond acceptors (Lipinski definition) is 6. The van der Waals surface area contributed by atoms with Gasteiger partial charge < -0.3 is 20.1 Å². The third-order valence-corrected chi connectivity index (χ3v) is 4.75. The van der Waals surface area contributed by atoms with Crippen LogP contribution in [0.3, 0.4) is 0 Å². The van der Waals surface area contributed by atoms with Crippen molar-refractivity contribution in [2.75, 3.05) is 24.9 Å². The van der Waals surface area contributed by atoms with Gasteiger partial charge in [0, 0.05) is 23.4 Å². The smallest absolute Gasteiger partial charge is 0.420 e. The van der Waals surface area contributed by atoms with Crippen LogP contribution in [0, 0.1) is 0 Å². The summed E-state index contributed by atoms with van der Waals surface area (Å²) >= 11 is 0.